The summed E-state index contributed by atoms with van der Waals surface area (Å²) in [6, 6.07) is 10.3. The van der Waals surface area contributed by atoms with E-state index in [2.05, 4.69) is 0 Å². The van der Waals surface area contributed by atoms with Gasteiger partial charge >= 0.3 is 0 Å². The molecular weight excluding hydrogens is 434 g/mol. The van der Waals surface area contributed by atoms with Crippen molar-refractivity contribution in [3.05, 3.63) is 64.2 Å². The number of rotatable bonds is 9. The lowest BCUT2D eigenvalue weighted by molar-refractivity contribution is -0.140. The molecule has 1 saturated heterocycles. The highest BCUT2D eigenvalue weighted by Gasteiger charge is 2.46. The van der Waals surface area contributed by atoms with Crippen LogP contribution in [0.25, 0.3) is 5.76 Å². The van der Waals surface area contributed by atoms with Crippen molar-refractivity contribution in [2.24, 2.45) is 0 Å². The molecule has 170 valence electrons. The Kier molecular flexibility index (Phi) is 7.77. The summed E-state index contributed by atoms with van der Waals surface area (Å²) in [6.07, 6.45) is 1.33. The van der Waals surface area contributed by atoms with Crippen molar-refractivity contribution in [1.29, 1.82) is 0 Å². The number of nitrogens with zero attached hydrogens (tertiary/aromatic N) is 1. The molecule has 0 spiro atoms. The predicted octanol–water partition coefficient (Wildman–Crippen LogP) is 4.29. The molecule has 0 saturated carbocycles. The molecule has 1 atom stereocenters. The van der Waals surface area contributed by atoms with Gasteiger partial charge in [-0.05, 0) is 42.7 Å². The summed E-state index contributed by atoms with van der Waals surface area (Å²) in [6.45, 7) is 3.15. The van der Waals surface area contributed by atoms with E-state index in [0.717, 1.165) is 6.42 Å². The third kappa shape index (κ3) is 4.89. The molecule has 1 amide bonds. The van der Waals surface area contributed by atoms with Crippen LogP contribution in [0, 0.1) is 0 Å². The van der Waals surface area contributed by atoms with Gasteiger partial charge in [0.1, 0.15) is 17.3 Å². The Hall–Kier alpha value is -3.03. The van der Waals surface area contributed by atoms with Crippen LogP contribution < -0.4 is 4.74 Å². The zero-order valence-electron chi connectivity index (χ0n) is 18.0. The largest absolute Gasteiger partial charge is 0.507 e. The van der Waals surface area contributed by atoms with E-state index < -0.39 is 17.7 Å². The summed E-state index contributed by atoms with van der Waals surface area (Å²) in [4.78, 5) is 27.3. The molecule has 2 N–H and O–H groups in total. The maximum Gasteiger partial charge on any atom is 0.295 e. The summed E-state index contributed by atoms with van der Waals surface area (Å²) in [7, 11) is 1.55. The number of hydrogen-bond donors (Lipinski definition) is 2. The Morgan fingerprint density at radius 1 is 1.16 bits per heavy atom. The summed E-state index contributed by atoms with van der Waals surface area (Å²) in [5.41, 5.74) is 0.828. The first-order valence-electron chi connectivity index (χ1n) is 10.4. The van der Waals surface area contributed by atoms with E-state index in [-0.39, 0.29) is 28.6 Å². The number of amides is 1. The van der Waals surface area contributed by atoms with Crippen molar-refractivity contribution in [1.82, 2.24) is 4.90 Å². The number of carbonyl (C=O) groups is 2. The monoisotopic (exact) mass is 459 g/mol. The number of ether oxygens (including phenoxy) is 2. The van der Waals surface area contributed by atoms with Crippen LogP contribution in [-0.2, 0) is 14.3 Å². The van der Waals surface area contributed by atoms with Crippen molar-refractivity contribution >= 4 is 29.1 Å². The van der Waals surface area contributed by atoms with Gasteiger partial charge in [0.15, 0.2) is 0 Å². The number of benzene rings is 2. The predicted molar refractivity (Wildman–Crippen MR) is 121 cm³/mol. The Balaban J connectivity index is 2.10. The van der Waals surface area contributed by atoms with Crippen molar-refractivity contribution in [3.8, 4) is 11.5 Å². The molecule has 1 aliphatic heterocycles. The first kappa shape index (κ1) is 23.6. The lowest BCUT2D eigenvalue weighted by Crippen LogP contribution is -2.31. The fourth-order valence-corrected chi connectivity index (χ4v) is 3.83. The molecule has 8 heteroatoms. The van der Waals surface area contributed by atoms with E-state index in [1.807, 2.05) is 6.92 Å². The smallest absolute Gasteiger partial charge is 0.295 e. The number of likely N-dealkylation sites (tertiary alicyclic amines) is 1. The standard InChI is InChI=1S/C24H26ClNO6/c1-3-11-32-17-7-4-6-16(13-17)22(28)20-21(15-8-9-19(27)18(25)14-15)26(10-5-12-31-2)24(30)23(20)29/h4,6-9,13-14,21,27-28H,3,5,10-12H2,1-2H3/b22-20-. The second-order valence-corrected chi connectivity index (χ2v) is 7.83. The number of phenolic OH excluding ortho intramolecular Hbond substituents is 1. The van der Waals surface area contributed by atoms with E-state index in [4.69, 9.17) is 21.1 Å². The third-order valence-electron chi connectivity index (χ3n) is 5.16. The second-order valence-electron chi connectivity index (χ2n) is 7.43. The van der Waals surface area contributed by atoms with Gasteiger partial charge in [-0.3, -0.25) is 9.59 Å². The van der Waals surface area contributed by atoms with Crippen molar-refractivity contribution < 1.29 is 29.3 Å². The molecule has 7 nitrogen and oxygen atoms in total. The molecule has 0 radical (unpaired) electrons. The topological polar surface area (TPSA) is 96.3 Å². The van der Waals surface area contributed by atoms with Crippen LogP contribution in [0.5, 0.6) is 11.5 Å². The summed E-state index contributed by atoms with van der Waals surface area (Å²) >= 11 is 6.10. The molecule has 2 aromatic carbocycles. The minimum atomic E-state index is -0.856. The third-order valence-corrected chi connectivity index (χ3v) is 5.46. The number of methoxy groups -OCH3 is 1. The van der Waals surface area contributed by atoms with Gasteiger partial charge in [-0.2, -0.15) is 0 Å². The number of aromatic hydroxyl groups is 1. The van der Waals surface area contributed by atoms with Crippen LogP contribution in [-0.4, -0.2) is 53.7 Å². The zero-order chi connectivity index (χ0) is 23.3. The number of carbonyl (C=O) groups excluding carboxylic acids is 2. The lowest BCUT2D eigenvalue weighted by Gasteiger charge is -2.25. The van der Waals surface area contributed by atoms with Gasteiger partial charge in [0.25, 0.3) is 11.7 Å². The zero-order valence-corrected chi connectivity index (χ0v) is 18.8. The van der Waals surface area contributed by atoms with Gasteiger partial charge in [-0.25, -0.2) is 0 Å². The van der Waals surface area contributed by atoms with Crippen LogP contribution in [0.2, 0.25) is 5.02 Å². The van der Waals surface area contributed by atoms with Gasteiger partial charge in [0.05, 0.1) is 23.2 Å². The van der Waals surface area contributed by atoms with Gasteiger partial charge in [0, 0.05) is 25.8 Å². The van der Waals surface area contributed by atoms with Crippen LogP contribution in [0.1, 0.15) is 36.9 Å². The fraction of sp³-hybridized carbons (Fsp3) is 0.333. The second kappa shape index (κ2) is 10.5. The Morgan fingerprint density at radius 3 is 2.62 bits per heavy atom. The molecule has 1 aliphatic rings. The summed E-state index contributed by atoms with van der Waals surface area (Å²) in [5, 5.41) is 21.0. The van der Waals surface area contributed by atoms with E-state index >= 15 is 0 Å². The molecule has 3 rings (SSSR count). The van der Waals surface area contributed by atoms with E-state index in [1.165, 1.54) is 17.0 Å². The van der Waals surface area contributed by atoms with E-state index in [0.29, 0.717) is 36.5 Å². The Labute approximate surface area is 191 Å². The van der Waals surface area contributed by atoms with Crippen LogP contribution in [0.3, 0.4) is 0 Å². The van der Waals surface area contributed by atoms with Crippen LogP contribution >= 0.6 is 11.6 Å². The number of halogens is 1. The minimum Gasteiger partial charge on any atom is -0.507 e. The number of aliphatic hydroxyl groups excluding tert-OH is 1. The molecule has 0 aromatic heterocycles. The lowest BCUT2D eigenvalue weighted by atomic mass is 9.95. The van der Waals surface area contributed by atoms with Crippen molar-refractivity contribution in [2.45, 2.75) is 25.8 Å². The molecule has 0 aliphatic carbocycles. The van der Waals surface area contributed by atoms with Crippen molar-refractivity contribution in [3.63, 3.8) is 0 Å². The van der Waals surface area contributed by atoms with Gasteiger partial charge in [-0.15, -0.1) is 0 Å². The first-order valence-corrected chi connectivity index (χ1v) is 10.8. The first-order chi connectivity index (χ1) is 15.4. The normalized spacial score (nSPS) is 17.7. The summed E-state index contributed by atoms with van der Waals surface area (Å²) in [5.74, 6) is -1.36. The molecule has 1 unspecified atom stereocenters. The van der Waals surface area contributed by atoms with E-state index in [9.17, 15) is 19.8 Å². The van der Waals surface area contributed by atoms with E-state index in [1.54, 1.807) is 37.4 Å². The maximum atomic E-state index is 13.0. The average molecular weight is 460 g/mol. The highest BCUT2D eigenvalue weighted by atomic mass is 35.5. The number of hydrogen-bond acceptors (Lipinski definition) is 6. The molecule has 1 fully saturated rings. The Bertz CT molecular complexity index is 1030. The highest BCUT2D eigenvalue weighted by Crippen LogP contribution is 2.41. The van der Waals surface area contributed by atoms with Gasteiger partial charge < -0.3 is 24.6 Å². The number of Topliss-reactive ketones (excluding diaryl/α,β-unsaturated/α-hetero) is 1. The van der Waals surface area contributed by atoms with Crippen molar-refractivity contribution in [2.75, 3.05) is 26.9 Å². The highest BCUT2D eigenvalue weighted by molar-refractivity contribution is 6.46. The summed E-state index contributed by atoms with van der Waals surface area (Å²) < 4.78 is 10.7. The number of ketones is 1. The molecule has 2 aromatic rings. The number of aliphatic hydroxyl groups is 1. The molecule has 32 heavy (non-hydrogen) atoms. The maximum absolute atomic E-state index is 13.0. The molecule has 0 bridgehead atoms. The van der Waals surface area contributed by atoms with Crippen LogP contribution in [0.15, 0.2) is 48.0 Å². The van der Waals surface area contributed by atoms with Gasteiger partial charge in [0.2, 0.25) is 0 Å². The fourth-order valence-electron chi connectivity index (χ4n) is 3.64. The Morgan fingerprint density at radius 2 is 1.94 bits per heavy atom. The minimum absolute atomic E-state index is 0.0400. The number of phenols is 1. The average Bonchev–Trinajstić information content (AvgIpc) is 3.04. The quantitative estimate of drug-likeness (QED) is 0.251. The molecule has 1 heterocycles. The van der Waals surface area contributed by atoms with Gasteiger partial charge in [-0.1, -0.05) is 36.7 Å². The molecular formula is C24H26ClNO6. The van der Waals surface area contributed by atoms with Crippen LogP contribution in [0.4, 0.5) is 0 Å². The SMILES string of the molecule is CCCOc1cccc(/C(O)=C2/C(=O)C(=O)N(CCCOC)C2c2ccc(O)c(Cl)c2)c1.